The molecule has 0 bridgehead atoms. The largest absolute Gasteiger partial charge is 0.444 e. The monoisotopic (exact) mass is 368 g/mol. The minimum absolute atomic E-state index is 0.0352. The van der Waals surface area contributed by atoms with Crippen LogP contribution in [0, 0.1) is 0 Å². The predicted molar refractivity (Wildman–Crippen MR) is 97.0 cm³/mol. The minimum atomic E-state index is -3.54. The van der Waals surface area contributed by atoms with E-state index in [-0.39, 0.29) is 16.7 Å². The number of nitrogens with two attached hydrogens (primary N) is 1. The number of benzene rings is 1. The number of hydrogen-bond donors (Lipinski definition) is 2. The number of ether oxygens (including phenoxy) is 1. The third-order valence-electron chi connectivity index (χ3n) is 4.32. The van der Waals surface area contributed by atoms with Crippen LogP contribution >= 0.6 is 0 Å². The fourth-order valence-corrected chi connectivity index (χ4v) is 4.92. The Morgan fingerprint density at radius 3 is 2.32 bits per heavy atom. The lowest BCUT2D eigenvalue weighted by atomic mass is 9.81. The lowest BCUT2D eigenvalue weighted by Crippen LogP contribution is -2.57. The van der Waals surface area contributed by atoms with Crippen molar-refractivity contribution in [1.29, 1.82) is 0 Å². The van der Waals surface area contributed by atoms with E-state index in [0.717, 1.165) is 0 Å². The summed E-state index contributed by atoms with van der Waals surface area (Å²) in [6.45, 7) is 5.32. The SMILES string of the molecule is CC(C)(C)OC(=O)NC1(CS(=O)(=O)c2ccccc2)CCC(N)CC1. The van der Waals surface area contributed by atoms with Crippen molar-refractivity contribution in [3.63, 3.8) is 0 Å². The van der Waals surface area contributed by atoms with Crippen LogP contribution in [-0.2, 0) is 14.6 Å². The van der Waals surface area contributed by atoms with Crippen molar-refractivity contribution in [3.8, 4) is 0 Å². The third-order valence-corrected chi connectivity index (χ3v) is 6.25. The van der Waals surface area contributed by atoms with Crippen molar-refractivity contribution in [3.05, 3.63) is 30.3 Å². The third kappa shape index (κ3) is 5.71. The van der Waals surface area contributed by atoms with Crippen LogP contribution in [0.25, 0.3) is 0 Å². The summed E-state index contributed by atoms with van der Waals surface area (Å²) in [6.07, 6.45) is 1.77. The van der Waals surface area contributed by atoms with E-state index in [1.807, 2.05) is 0 Å². The Kier molecular flexibility index (Phi) is 5.79. The Bertz CT molecular complexity index is 688. The molecule has 1 saturated carbocycles. The van der Waals surface area contributed by atoms with E-state index in [1.165, 1.54) is 0 Å². The summed E-state index contributed by atoms with van der Waals surface area (Å²) in [4.78, 5) is 12.5. The second-order valence-electron chi connectivity index (χ2n) is 7.82. The van der Waals surface area contributed by atoms with Crippen LogP contribution in [0.5, 0.6) is 0 Å². The van der Waals surface area contributed by atoms with Gasteiger partial charge in [-0.15, -0.1) is 0 Å². The van der Waals surface area contributed by atoms with E-state index in [1.54, 1.807) is 51.1 Å². The first kappa shape index (κ1) is 19.7. The van der Waals surface area contributed by atoms with Gasteiger partial charge in [-0.05, 0) is 58.6 Å². The average molecular weight is 368 g/mol. The molecule has 1 aliphatic carbocycles. The summed E-state index contributed by atoms with van der Waals surface area (Å²) in [5.74, 6) is -0.157. The number of rotatable bonds is 4. The highest BCUT2D eigenvalue weighted by Crippen LogP contribution is 2.31. The molecule has 2 rings (SSSR count). The summed E-state index contributed by atoms with van der Waals surface area (Å²) in [5, 5.41) is 2.84. The minimum Gasteiger partial charge on any atom is -0.444 e. The summed E-state index contributed by atoms with van der Waals surface area (Å²) >= 11 is 0. The van der Waals surface area contributed by atoms with Crippen molar-refractivity contribution in [2.24, 2.45) is 5.73 Å². The lowest BCUT2D eigenvalue weighted by molar-refractivity contribution is 0.0437. The fraction of sp³-hybridized carbons (Fsp3) is 0.611. The van der Waals surface area contributed by atoms with Gasteiger partial charge in [0.2, 0.25) is 0 Å². The molecule has 1 aromatic carbocycles. The van der Waals surface area contributed by atoms with Gasteiger partial charge in [0.1, 0.15) is 5.60 Å². The molecule has 1 amide bonds. The zero-order chi connectivity index (χ0) is 18.7. The molecule has 6 nitrogen and oxygen atoms in total. The number of nitrogens with one attached hydrogen (secondary N) is 1. The zero-order valence-electron chi connectivity index (χ0n) is 15.1. The number of alkyl carbamates (subject to hydrolysis) is 1. The molecule has 0 saturated heterocycles. The Hall–Kier alpha value is -1.60. The molecular weight excluding hydrogens is 340 g/mol. The van der Waals surface area contributed by atoms with E-state index in [2.05, 4.69) is 5.32 Å². The second-order valence-corrected chi connectivity index (χ2v) is 9.81. The van der Waals surface area contributed by atoms with Crippen LogP contribution in [0.2, 0.25) is 0 Å². The topological polar surface area (TPSA) is 98.5 Å². The van der Waals surface area contributed by atoms with E-state index >= 15 is 0 Å². The van der Waals surface area contributed by atoms with Crippen LogP contribution in [0.4, 0.5) is 4.79 Å². The molecule has 0 unspecified atom stereocenters. The van der Waals surface area contributed by atoms with Gasteiger partial charge in [0.25, 0.3) is 0 Å². The van der Waals surface area contributed by atoms with Crippen LogP contribution in [0.3, 0.4) is 0 Å². The summed E-state index contributed by atoms with van der Waals surface area (Å²) in [7, 11) is -3.54. The molecule has 1 fully saturated rings. The number of carbonyl (C=O) groups is 1. The maximum atomic E-state index is 12.8. The molecule has 25 heavy (non-hydrogen) atoms. The molecule has 0 spiro atoms. The predicted octanol–water partition coefficient (Wildman–Crippen LogP) is 2.63. The Morgan fingerprint density at radius 1 is 1.24 bits per heavy atom. The quantitative estimate of drug-likeness (QED) is 0.851. The van der Waals surface area contributed by atoms with Gasteiger partial charge in [0, 0.05) is 6.04 Å². The van der Waals surface area contributed by atoms with Gasteiger partial charge in [0.05, 0.1) is 16.2 Å². The van der Waals surface area contributed by atoms with E-state index < -0.39 is 27.1 Å². The molecular formula is C18H28N2O4S. The fourth-order valence-electron chi connectivity index (χ4n) is 3.09. The van der Waals surface area contributed by atoms with Crippen LogP contribution in [0.15, 0.2) is 35.2 Å². The number of hydrogen-bond acceptors (Lipinski definition) is 5. The van der Waals surface area contributed by atoms with Crippen molar-refractivity contribution < 1.29 is 17.9 Å². The van der Waals surface area contributed by atoms with Crippen molar-refractivity contribution in [2.75, 3.05) is 5.75 Å². The van der Waals surface area contributed by atoms with Crippen molar-refractivity contribution in [2.45, 2.75) is 68.5 Å². The highest BCUT2D eigenvalue weighted by Gasteiger charge is 2.41. The van der Waals surface area contributed by atoms with Crippen LogP contribution in [0.1, 0.15) is 46.5 Å². The van der Waals surface area contributed by atoms with Gasteiger partial charge in [0.15, 0.2) is 9.84 Å². The highest BCUT2D eigenvalue weighted by atomic mass is 32.2. The van der Waals surface area contributed by atoms with Gasteiger partial charge in [-0.3, -0.25) is 0 Å². The Morgan fingerprint density at radius 2 is 1.80 bits per heavy atom. The van der Waals surface area contributed by atoms with Crippen LogP contribution < -0.4 is 11.1 Å². The van der Waals surface area contributed by atoms with Gasteiger partial charge in [-0.1, -0.05) is 18.2 Å². The first-order chi connectivity index (χ1) is 11.5. The molecule has 140 valence electrons. The first-order valence-electron chi connectivity index (χ1n) is 8.56. The molecule has 0 atom stereocenters. The molecule has 0 aromatic heterocycles. The normalized spacial score (nSPS) is 24.6. The second kappa shape index (κ2) is 7.33. The van der Waals surface area contributed by atoms with Gasteiger partial charge in [-0.2, -0.15) is 0 Å². The van der Waals surface area contributed by atoms with E-state index in [9.17, 15) is 13.2 Å². The molecule has 1 aromatic rings. The molecule has 0 heterocycles. The van der Waals surface area contributed by atoms with E-state index in [0.29, 0.717) is 25.7 Å². The van der Waals surface area contributed by atoms with Gasteiger partial charge in [-0.25, -0.2) is 13.2 Å². The lowest BCUT2D eigenvalue weighted by Gasteiger charge is -2.40. The number of amides is 1. The smallest absolute Gasteiger partial charge is 0.408 e. The maximum Gasteiger partial charge on any atom is 0.408 e. The molecule has 1 aliphatic rings. The number of sulfone groups is 1. The van der Waals surface area contributed by atoms with Gasteiger partial charge < -0.3 is 15.8 Å². The zero-order valence-corrected chi connectivity index (χ0v) is 15.9. The van der Waals surface area contributed by atoms with Gasteiger partial charge >= 0.3 is 6.09 Å². The molecule has 7 heteroatoms. The molecule has 0 aliphatic heterocycles. The van der Waals surface area contributed by atoms with E-state index in [4.69, 9.17) is 10.5 Å². The average Bonchev–Trinajstić information content (AvgIpc) is 2.49. The van der Waals surface area contributed by atoms with Crippen LogP contribution in [-0.4, -0.2) is 37.4 Å². The first-order valence-corrected chi connectivity index (χ1v) is 10.2. The standard InChI is InChI=1S/C18H28N2O4S/c1-17(2,3)24-16(21)20-18(11-9-14(19)10-12-18)13-25(22,23)15-7-5-4-6-8-15/h4-8,14H,9-13,19H2,1-3H3,(H,20,21). The summed E-state index contributed by atoms with van der Waals surface area (Å²) in [6, 6.07) is 8.34. The Labute approximate surface area is 150 Å². The summed E-state index contributed by atoms with van der Waals surface area (Å²) < 4.78 is 31.0. The number of carbonyl (C=O) groups excluding carboxylic acids is 1. The Balaban J connectivity index is 2.22. The van der Waals surface area contributed by atoms with Crippen molar-refractivity contribution in [1.82, 2.24) is 5.32 Å². The molecule has 0 radical (unpaired) electrons. The maximum absolute atomic E-state index is 12.8. The van der Waals surface area contributed by atoms with Crippen molar-refractivity contribution >= 4 is 15.9 Å². The molecule has 3 N–H and O–H groups in total. The summed E-state index contributed by atoms with van der Waals surface area (Å²) in [5.41, 5.74) is 4.47. The highest BCUT2D eigenvalue weighted by molar-refractivity contribution is 7.91.